The van der Waals surface area contributed by atoms with Crippen LogP contribution in [0.1, 0.15) is 61.0 Å². The van der Waals surface area contributed by atoms with E-state index in [-0.39, 0.29) is 5.91 Å². The van der Waals surface area contributed by atoms with Crippen molar-refractivity contribution in [3.8, 4) is 0 Å². The number of hydrogen-bond acceptors (Lipinski definition) is 3. The Morgan fingerprint density at radius 1 is 1.41 bits per heavy atom. The van der Waals surface area contributed by atoms with E-state index in [1.54, 1.807) is 4.90 Å². The third kappa shape index (κ3) is 3.03. The molecule has 1 aromatic rings. The second-order valence-electron chi connectivity index (χ2n) is 5.94. The molecule has 1 aromatic carbocycles. The van der Waals surface area contributed by atoms with Crippen LogP contribution in [0.15, 0.2) is 18.2 Å². The lowest BCUT2D eigenvalue weighted by molar-refractivity contribution is -0.129. The second kappa shape index (κ2) is 6.73. The summed E-state index contributed by atoms with van der Waals surface area (Å²) in [4.78, 5) is 36.8. The third-order valence-electron chi connectivity index (χ3n) is 4.07. The summed E-state index contributed by atoms with van der Waals surface area (Å²) in [7, 11) is 0. The summed E-state index contributed by atoms with van der Waals surface area (Å²) in [6, 6.07) is 5.31. The highest BCUT2D eigenvalue weighted by Crippen LogP contribution is 2.29. The fourth-order valence-corrected chi connectivity index (χ4v) is 2.81. The first-order valence-electron chi connectivity index (χ1n) is 7.67. The molecule has 1 heterocycles. The Hall–Kier alpha value is -2.17. The van der Waals surface area contributed by atoms with Crippen LogP contribution in [-0.2, 0) is 16.1 Å². The Labute approximate surface area is 130 Å². The van der Waals surface area contributed by atoms with E-state index in [4.69, 9.17) is 0 Å². The van der Waals surface area contributed by atoms with Crippen LogP contribution in [0.3, 0.4) is 0 Å². The van der Waals surface area contributed by atoms with Crippen molar-refractivity contribution in [2.75, 3.05) is 0 Å². The normalized spacial score (nSPS) is 14.9. The molecule has 1 atom stereocenters. The van der Waals surface area contributed by atoms with Crippen LogP contribution >= 0.6 is 0 Å². The SMILES string of the molecule is CCCC(C(=O)NC=O)N1Cc2ccc(C(C)C)cc2C1=O. The van der Waals surface area contributed by atoms with Crippen LogP contribution in [0, 0.1) is 0 Å². The third-order valence-corrected chi connectivity index (χ3v) is 4.07. The number of rotatable bonds is 6. The van der Waals surface area contributed by atoms with E-state index in [1.807, 2.05) is 25.1 Å². The first-order valence-corrected chi connectivity index (χ1v) is 7.67. The maximum absolute atomic E-state index is 12.7. The van der Waals surface area contributed by atoms with Crippen LogP contribution in [0.25, 0.3) is 0 Å². The molecule has 0 saturated carbocycles. The van der Waals surface area contributed by atoms with Gasteiger partial charge in [-0.05, 0) is 29.5 Å². The van der Waals surface area contributed by atoms with Gasteiger partial charge in [0.25, 0.3) is 5.91 Å². The van der Waals surface area contributed by atoms with Crippen LogP contribution < -0.4 is 5.32 Å². The van der Waals surface area contributed by atoms with Crippen LogP contribution in [0.5, 0.6) is 0 Å². The predicted molar refractivity (Wildman–Crippen MR) is 83.3 cm³/mol. The molecule has 0 bridgehead atoms. The molecule has 1 N–H and O–H groups in total. The minimum absolute atomic E-state index is 0.128. The van der Waals surface area contributed by atoms with E-state index < -0.39 is 11.9 Å². The van der Waals surface area contributed by atoms with Gasteiger partial charge in [0.05, 0.1) is 0 Å². The molecule has 118 valence electrons. The molecule has 5 nitrogen and oxygen atoms in total. The number of fused-ring (bicyclic) bond motifs is 1. The molecule has 5 heteroatoms. The van der Waals surface area contributed by atoms with Crippen molar-refractivity contribution in [2.24, 2.45) is 0 Å². The topological polar surface area (TPSA) is 66.5 Å². The van der Waals surface area contributed by atoms with E-state index >= 15 is 0 Å². The number of nitrogens with one attached hydrogen (secondary N) is 1. The van der Waals surface area contributed by atoms with Gasteiger partial charge in [0.1, 0.15) is 6.04 Å². The van der Waals surface area contributed by atoms with Crippen molar-refractivity contribution in [1.82, 2.24) is 10.2 Å². The van der Waals surface area contributed by atoms with Gasteiger partial charge in [-0.25, -0.2) is 0 Å². The fourth-order valence-electron chi connectivity index (χ4n) is 2.81. The van der Waals surface area contributed by atoms with E-state index in [9.17, 15) is 14.4 Å². The Morgan fingerprint density at radius 2 is 2.14 bits per heavy atom. The molecule has 1 aliphatic rings. The van der Waals surface area contributed by atoms with Crippen LogP contribution in [0.4, 0.5) is 0 Å². The predicted octanol–water partition coefficient (Wildman–Crippen LogP) is 2.21. The highest BCUT2D eigenvalue weighted by atomic mass is 16.2. The lowest BCUT2D eigenvalue weighted by atomic mass is 9.98. The number of benzene rings is 1. The smallest absolute Gasteiger partial charge is 0.255 e. The largest absolute Gasteiger partial charge is 0.322 e. The van der Waals surface area contributed by atoms with Gasteiger partial charge in [-0.2, -0.15) is 0 Å². The number of amides is 3. The zero-order valence-electron chi connectivity index (χ0n) is 13.3. The summed E-state index contributed by atoms with van der Waals surface area (Å²) < 4.78 is 0. The first kappa shape index (κ1) is 16.2. The molecule has 0 radical (unpaired) electrons. The summed E-state index contributed by atoms with van der Waals surface area (Å²) >= 11 is 0. The van der Waals surface area contributed by atoms with Crippen LogP contribution in [0.2, 0.25) is 0 Å². The summed E-state index contributed by atoms with van der Waals surface area (Å²) in [6.45, 7) is 6.53. The molecule has 0 saturated heterocycles. The highest BCUT2D eigenvalue weighted by molar-refractivity contribution is 6.02. The van der Waals surface area contributed by atoms with Crippen LogP contribution in [-0.4, -0.2) is 29.2 Å². The number of carbonyl (C=O) groups is 3. The molecule has 0 aliphatic carbocycles. The molecule has 2 rings (SSSR count). The Morgan fingerprint density at radius 3 is 2.73 bits per heavy atom. The van der Waals surface area contributed by atoms with E-state index in [0.717, 1.165) is 17.5 Å². The Balaban J connectivity index is 2.29. The molecule has 3 amide bonds. The second-order valence-corrected chi connectivity index (χ2v) is 5.94. The van der Waals surface area contributed by atoms with Crippen molar-refractivity contribution in [2.45, 2.75) is 52.1 Å². The molecule has 0 spiro atoms. The summed E-state index contributed by atoms with van der Waals surface area (Å²) in [6.07, 6.45) is 1.67. The van der Waals surface area contributed by atoms with Crippen molar-refractivity contribution in [1.29, 1.82) is 0 Å². The zero-order valence-corrected chi connectivity index (χ0v) is 13.3. The number of nitrogens with zero attached hydrogens (tertiary/aromatic N) is 1. The Bertz CT molecular complexity index is 596. The van der Waals surface area contributed by atoms with E-state index in [1.165, 1.54) is 0 Å². The van der Waals surface area contributed by atoms with Gasteiger partial charge in [0.15, 0.2) is 0 Å². The van der Waals surface area contributed by atoms with E-state index in [2.05, 4.69) is 19.2 Å². The van der Waals surface area contributed by atoms with Gasteiger partial charge in [0, 0.05) is 12.1 Å². The average molecular weight is 302 g/mol. The van der Waals surface area contributed by atoms with E-state index in [0.29, 0.717) is 30.9 Å². The molecule has 1 unspecified atom stereocenters. The van der Waals surface area contributed by atoms with Crippen molar-refractivity contribution < 1.29 is 14.4 Å². The fraction of sp³-hybridized carbons (Fsp3) is 0.471. The summed E-state index contributed by atoms with van der Waals surface area (Å²) in [5.41, 5.74) is 2.72. The number of hydrogen-bond donors (Lipinski definition) is 1. The van der Waals surface area contributed by atoms with Gasteiger partial charge in [0.2, 0.25) is 12.3 Å². The average Bonchev–Trinajstić information content (AvgIpc) is 2.81. The standard InChI is InChI=1S/C17H22N2O3/c1-4-5-15(16(21)18-10-20)19-9-13-7-6-12(11(2)3)8-14(13)17(19)22/h6-8,10-11,15H,4-5,9H2,1-3H3,(H,18,20,21). The maximum atomic E-state index is 12.7. The maximum Gasteiger partial charge on any atom is 0.255 e. The monoisotopic (exact) mass is 302 g/mol. The molecule has 1 aliphatic heterocycles. The molecular weight excluding hydrogens is 280 g/mol. The molecular formula is C17H22N2O3. The number of imide groups is 1. The molecule has 0 aromatic heterocycles. The highest BCUT2D eigenvalue weighted by Gasteiger charge is 2.35. The van der Waals surface area contributed by atoms with Gasteiger partial charge < -0.3 is 4.90 Å². The quantitative estimate of drug-likeness (QED) is 0.819. The lowest BCUT2D eigenvalue weighted by Crippen LogP contribution is -2.46. The Kier molecular flexibility index (Phi) is 4.96. The minimum atomic E-state index is -0.599. The first-order chi connectivity index (χ1) is 10.5. The minimum Gasteiger partial charge on any atom is -0.322 e. The zero-order chi connectivity index (χ0) is 16.3. The number of carbonyl (C=O) groups excluding carboxylic acids is 3. The van der Waals surface area contributed by atoms with Gasteiger partial charge >= 0.3 is 0 Å². The van der Waals surface area contributed by atoms with Crippen molar-refractivity contribution >= 4 is 18.2 Å². The summed E-state index contributed by atoms with van der Waals surface area (Å²) in [5, 5.41) is 2.17. The van der Waals surface area contributed by atoms with Crippen molar-refractivity contribution in [3.63, 3.8) is 0 Å². The van der Waals surface area contributed by atoms with Crippen molar-refractivity contribution in [3.05, 3.63) is 34.9 Å². The summed E-state index contributed by atoms with van der Waals surface area (Å²) in [5.74, 6) is -0.198. The molecule has 0 fully saturated rings. The lowest BCUT2D eigenvalue weighted by Gasteiger charge is -2.25. The molecule has 22 heavy (non-hydrogen) atoms. The van der Waals surface area contributed by atoms with Gasteiger partial charge in [-0.15, -0.1) is 0 Å². The van der Waals surface area contributed by atoms with Gasteiger partial charge in [-0.1, -0.05) is 39.3 Å². The van der Waals surface area contributed by atoms with Gasteiger partial charge in [-0.3, -0.25) is 19.7 Å².